The van der Waals surface area contributed by atoms with Gasteiger partial charge in [-0.1, -0.05) is 11.6 Å². The highest BCUT2D eigenvalue weighted by molar-refractivity contribution is 6.30. The van der Waals surface area contributed by atoms with Crippen molar-refractivity contribution < 1.29 is 0 Å². The number of rotatable bonds is 2. The molecule has 1 aromatic heterocycles. The smallest absolute Gasteiger partial charge is 0.280 e. The molecule has 1 N–H and O–H groups in total. The summed E-state index contributed by atoms with van der Waals surface area (Å²) in [6.07, 6.45) is 1.56. The van der Waals surface area contributed by atoms with Crippen LogP contribution in [0.15, 0.2) is 34.1 Å². The first-order valence-corrected chi connectivity index (χ1v) is 5.51. The first-order chi connectivity index (χ1) is 8.13. The predicted octanol–water partition coefficient (Wildman–Crippen LogP) is 2.18. The van der Waals surface area contributed by atoms with Crippen molar-refractivity contribution in [3.8, 4) is 5.69 Å². The molecule has 0 unspecified atom stereocenters. The molecule has 0 fully saturated rings. The van der Waals surface area contributed by atoms with Gasteiger partial charge in [0.05, 0.1) is 11.3 Å². The number of hydrogen-bond acceptors (Lipinski definition) is 2. The van der Waals surface area contributed by atoms with E-state index < -0.39 is 0 Å². The fraction of sp³-hybridized carbons (Fsp3) is 0.167. The van der Waals surface area contributed by atoms with Crippen LogP contribution in [-0.2, 0) is 0 Å². The molecule has 17 heavy (non-hydrogen) atoms. The van der Waals surface area contributed by atoms with Crippen molar-refractivity contribution in [3.63, 3.8) is 0 Å². The molecule has 0 amide bonds. The lowest BCUT2D eigenvalue weighted by Gasteiger charge is -2.00. The minimum atomic E-state index is -0.115. The Bertz CT molecular complexity index is 608. The largest absolute Gasteiger partial charge is 0.296 e. The van der Waals surface area contributed by atoms with E-state index in [1.54, 1.807) is 37.5 Å². The Kier molecular flexibility index (Phi) is 3.15. The van der Waals surface area contributed by atoms with Crippen molar-refractivity contribution >= 4 is 17.8 Å². The molecule has 0 bridgehead atoms. The van der Waals surface area contributed by atoms with Gasteiger partial charge in [0.15, 0.2) is 0 Å². The van der Waals surface area contributed by atoms with E-state index in [-0.39, 0.29) is 5.56 Å². The Morgan fingerprint density at radius 1 is 1.35 bits per heavy atom. The summed E-state index contributed by atoms with van der Waals surface area (Å²) in [5.41, 5.74) is 1.99. The van der Waals surface area contributed by atoms with Crippen LogP contribution in [0.1, 0.15) is 11.3 Å². The second kappa shape index (κ2) is 4.59. The van der Waals surface area contributed by atoms with Gasteiger partial charge in [-0.15, -0.1) is 0 Å². The molecule has 0 radical (unpaired) electrons. The molecule has 0 atom stereocenters. The zero-order valence-electron chi connectivity index (χ0n) is 9.57. The Balaban J connectivity index is 2.57. The van der Waals surface area contributed by atoms with Crippen molar-refractivity contribution in [2.24, 2.45) is 4.99 Å². The number of H-pyrrole nitrogens is 1. The normalized spacial score (nSPS) is 11.2. The van der Waals surface area contributed by atoms with Crippen molar-refractivity contribution in [3.05, 3.63) is 50.9 Å². The van der Waals surface area contributed by atoms with Crippen LogP contribution in [0.3, 0.4) is 0 Å². The summed E-state index contributed by atoms with van der Waals surface area (Å²) in [4.78, 5) is 15.9. The molecule has 0 saturated carbocycles. The van der Waals surface area contributed by atoms with Crippen molar-refractivity contribution in [2.75, 3.05) is 7.05 Å². The average Bonchev–Trinajstić information content (AvgIpc) is 2.59. The number of aliphatic imine (C=N–C) groups is 1. The third-order valence-electron chi connectivity index (χ3n) is 2.46. The lowest BCUT2D eigenvalue weighted by Crippen LogP contribution is -2.17. The molecule has 0 spiro atoms. The van der Waals surface area contributed by atoms with Gasteiger partial charge in [0, 0.05) is 24.0 Å². The molecule has 2 aromatic rings. The summed E-state index contributed by atoms with van der Waals surface area (Å²) in [5, 5.41) is 3.64. The van der Waals surface area contributed by atoms with Crippen molar-refractivity contribution in [2.45, 2.75) is 6.92 Å². The van der Waals surface area contributed by atoms with Gasteiger partial charge in [0.25, 0.3) is 5.56 Å². The summed E-state index contributed by atoms with van der Waals surface area (Å²) in [6, 6.07) is 7.05. The number of hydrogen-bond donors (Lipinski definition) is 1. The second-order valence-corrected chi connectivity index (χ2v) is 4.09. The minimum Gasteiger partial charge on any atom is -0.296 e. The SMILES string of the molecule is CN=Cc1c(C)[nH]n(-c2ccc(Cl)cc2)c1=O. The van der Waals surface area contributed by atoms with Gasteiger partial charge in [0.2, 0.25) is 0 Å². The van der Waals surface area contributed by atoms with Crippen LogP contribution >= 0.6 is 11.6 Å². The number of aryl methyl sites for hydroxylation is 1. The Labute approximate surface area is 104 Å². The fourth-order valence-corrected chi connectivity index (χ4v) is 1.74. The molecule has 1 heterocycles. The summed E-state index contributed by atoms with van der Waals surface area (Å²) < 4.78 is 1.47. The van der Waals surface area contributed by atoms with E-state index in [4.69, 9.17) is 11.6 Å². The Morgan fingerprint density at radius 2 is 2.00 bits per heavy atom. The summed E-state index contributed by atoms with van der Waals surface area (Å²) in [6.45, 7) is 1.84. The van der Waals surface area contributed by atoms with Gasteiger partial charge in [-0.25, -0.2) is 4.68 Å². The molecule has 0 aliphatic rings. The highest BCUT2D eigenvalue weighted by Gasteiger charge is 2.09. The van der Waals surface area contributed by atoms with E-state index >= 15 is 0 Å². The first kappa shape index (κ1) is 11.7. The van der Waals surface area contributed by atoms with Crippen molar-refractivity contribution in [1.82, 2.24) is 9.78 Å². The zero-order valence-corrected chi connectivity index (χ0v) is 10.3. The third-order valence-corrected chi connectivity index (χ3v) is 2.71. The maximum atomic E-state index is 12.1. The molecule has 0 saturated heterocycles. The number of aromatic nitrogens is 2. The molecule has 0 aliphatic carbocycles. The van der Waals surface area contributed by atoms with Crippen LogP contribution in [0.5, 0.6) is 0 Å². The monoisotopic (exact) mass is 249 g/mol. The zero-order chi connectivity index (χ0) is 12.4. The van der Waals surface area contributed by atoms with Crippen molar-refractivity contribution in [1.29, 1.82) is 0 Å². The summed E-state index contributed by atoms with van der Waals surface area (Å²) in [7, 11) is 1.64. The number of nitrogens with one attached hydrogen (secondary N) is 1. The van der Waals surface area contributed by atoms with E-state index in [2.05, 4.69) is 10.1 Å². The second-order valence-electron chi connectivity index (χ2n) is 3.65. The predicted molar refractivity (Wildman–Crippen MR) is 69.7 cm³/mol. The summed E-state index contributed by atoms with van der Waals surface area (Å²) in [5.74, 6) is 0. The molecule has 2 rings (SSSR count). The van der Waals surface area contributed by atoms with Crippen LogP contribution in [0.25, 0.3) is 5.69 Å². The fourth-order valence-electron chi connectivity index (χ4n) is 1.61. The lowest BCUT2D eigenvalue weighted by atomic mass is 10.3. The quantitative estimate of drug-likeness (QED) is 0.815. The van der Waals surface area contributed by atoms with Gasteiger partial charge in [0.1, 0.15) is 0 Å². The maximum absolute atomic E-state index is 12.1. The van der Waals surface area contributed by atoms with E-state index in [0.717, 1.165) is 11.4 Å². The highest BCUT2D eigenvalue weighted by Crippen LogP contribution is 2.12. The van der Waals surface area contributed by atoms with Gasteiger partial charge < -0.3 is 0 Å². The Morgan fingerprint density at radius 3 is 2.59 bits per heavy atom. The van der Waals surface area contributed by atoms with Gasteiger partial charge >= 0.3 is 0 Å². The van der Waals surface area contributed by atoms with Crippen LogP contribution in [0.4, 0.5) is 0 Å². The molecule has 88 valence electrons. The Hall–Kier alpha value is -1.81. The molecule has 5 heteroatoms. The standard InChI is InChI=1S/C12H12ClN3O/c1-8-11(7-14-2)12(17)16(15-8)10-5-3-9(13)4-6-10/h3-7,15H,1-2H3. The summed E-state index contributed by atoms with van der Waals surface area (Å²) >= 11 is 5.81. The molecule has 1 aromatic carbocycles. The number of benzene rings is 1. The first-order valence-electron chi connectivity index (χ1n) is 5.13. The van der Waals surface area contributed by atoms with E-state index in [9.17, 15) is 4.79 Å². The van der Waals surface area contributed by atoms with Crippen LogP contribution < -0.4 is 5.56 Å². The number of aromatic amines is 1. The highest BCUT2D eigenvalue weighted by atomic mass is 35.5. The molecule has 0 aliphatic heterocycles. The average molecular weight is 250 g/mol. The number of nitrogens with zero attached hydrogens (tertiary/aromatic N) is 2. The van der Waals surface area contributed by atoms with E-state index in [1.165, 1.54) is 4.68 Å². The topological polar surface area (TPSA) is 50.1 Å². The third kappa shape index (κ3) is 2.17. The minimum absolute atomic E-state index is 0.115. The van der Waals surface area contributed by atoms with Gasteiger partial charge in [-0.05, 0) is 31.2 Å². The van der Waals surface area contributed by atoms with E-state index in [0.29, 0.717) is 10.6 Å². The van der Waals surface area contributed by atoms with Crippen LogP contribution in [-0.4, -0.2) is 23.0 Å². The lowest BCUT2D eigenvalue weighted by molar-refractivity contribution is 0.835. The molecule has 4 nitrogen and oxygen atoms in total. The van der Waals surface area contributed by atoms with Gasteiger partial charge in [-0.3, -0.25) is 14.9 Å². The van der Waals surface area contributed by atoms with E-state index in [1.807, 2.05) is 6.92 Å². The maximum Gasteiger partial charge on any atom is 0.280 e. The molecular formula is C12H12ClN3O. The van der Waals surface area contributed by atoms with Crippen LogP contribution in [0, 0.1) is 6.92 Å². The van der Waals surface area contributed by atoms with Gasteiger partial charge in [-0.2, -0.15) is 0 Å². The number of halogens is 1. The van der Waals surface area contributed by atoms with Crippen LogP contribution in [0.2, 0.25) is 5.02 Å². The molecular weight excluding hydrogens is 238 g/mol.